The van der Waals surface area contributed by atoms with E-state index in [9.17, 15) is 28.3 Å². The number of nitrogens with one attached hydrogen (secondary N) is 1. The van der Waals surface area contributed by atoms with Crippen LogP contribution in [-0.2, 0) is 11.3 Å². The van der Waals surface area contributed by atoms with Crippen molar-refractivity contribution >= 4 is 11.8 Å². The number of benzene rings is 1. The van der Waals surface area contributed by atoms with Gasteiger partial charge in [-0.3, -0.25) is 24.1 Å². The fourth-order valence-electron chi connectivity index (χ4n) is 3.41. The van der Waals surface area contributed by atoms with E-state index in [1.54, 1.807) is 19.2 Å². The summed E-state index contributed by atoms with van der Waals surface area (Å²) in [5.74, 6) is -3.84. The van der Waals surface area contributed by atoms with Crippen LogP contribution in [0.25, 0.3) is 0 Å². The van der Waals surface area contributed by atoms with Crippen LogP contribution in [0.5, 0.6) is 5.75 Å². The molecule has 172 valence electrons. The van der Waals surface area contributed by atoms with Crippen LogP contribution < -0.4 is 15.8 Å². The lowest BCUT2D eigenvalue weighted by Gasteiger charge is -2.37. The molecule has 3 rings (SSSR count). The molecule has 2 aromatic rings. The molecule has 1 aromatic heterocycles. The molecule has 9 nitrogen and oxygen atoms in total. The van der Waals surface area contributed by atoms with Gasteiger partial charge in [0.1, 0.15) is 23.9 Å². The minimum atomic E-state index is -1.02. The molecule has 0 unspecified atom stereocenters. The number of halogens is 2. The smallest absolute Gasteiger partial charge is 0.277 e. The molecule has 0 saturated carbocycles. The number of nitrogens with zero attached hydrogens (tertiary/aromatic N) is 3. The van der Waals surface area contributed by atoms with E-state index >= 15 is 0 Å². The highest BCUT2D eigenvalue weighted by molar-refractivity contribution is 5.99. The van der Waals surface area contributed by atoms with E-state index in [1.165, 1.54) is 15.6 Å². The molecule has 1 aliphatic rings. The first-order valence-electron chi connectivity index (χ1n) is 9.95. The molecule has 32 heavy (non-hydrogen) atoms. The Balaban J connectivity index is 1.81. The van der Waals surface area contributed by atoms with E-state index in [1.807, 2.05) is 0 Å². The average Bonchev–Trinajstić information content (AvgIpc) is 2.75. The number of aromatic hydroxyl groups is 1. The van der Waals surface area contributed by atoms with E-state index in [2.05, 4.69) is 5.32 Å². The van der Waals surface area contributed by atoms with Crippen LogP contribution in [-0.4, -0.2) is 60.5 Å². The third kappa shape index (κ3) is 4.72. The van der Waals surface area contributed by atoms with E-state index < -0.39 is 40.2 Å². The van der Waals surface area contributed by atoms with E-state index in [-0.39, 0.29) is 24.5 Å². The highest BCUT2D eigenvalue weighted by atomic mass is 19.1. The summed E-state index contributed by atoms with van der Waals surface area (Å²) in [4.78, 5) is 39.5. The summed E-state index contributed by atoms with van der Waals surface area (Å²) in [6.07, 6.45) is 2.59. The lowest BCUT2D eigenvalue weighted by Crippen LogP contribution is -2.53. The molecule has 2 N–H and O–H groups in total. The molecule has 0 atom stereocenters. The maximum Gasteiger partial charge on any atom is 0.277 e. The molecule has 0 saturated heterocycles. The number of hydrogen-bond acceptors (Lipinski definition) is 6. The van der Waals surface area contributed by atoms with Crippen LogP contribution in [0.2, 0.25) is 0 Å². The number of unbranched alkanes of at least 4 members (excludes halogenated alkanes) is 1. The second-order valence-corrected chi connectivity index (χ2v) is 7.40. The minimum absolute atomic E-state index is 0.0263. The van der Waals surface area contributed by atoms with Gasteiger partial charge in [0.05, 0.1) is 0 Å². The third-order valence-corrected chi connectivity index (χ3v) is 5.12. The topological polar surface area (TPSA) is 104 Å². The van der Waals surface area contributed by atoms with Gasteiger partial charge in [-0.15, -0.1) is 0 Å². The van der Waals surface area contributed by atoms with Gasteiger partial charge in [0.25, 0.3) is 11.8 Å². The number of amides is 2. The number of hydrogen-bond donors (Lipinski definition) is 2. The molecular weight excluding hydrogens is 426 g/mol. The van der Waals surface area contributed by atoms with Gasteiger partial charge in [0.15, 0.2) is 11.4 Å². The summed E-state index contributed by atoms with van der Waals surface area (Å²) in [5.41, 5.74) is -1.65. The molecule has 0 spiro atoms. The standard InChI is InChI=1S/C21H24F2N4O5/c1-25-12-26(7-3-4-8-32-2)21(31)17-19(29)18(28)15(11-27(17)25)20(30)24-10-13-5-6-14(22)9-16(13)23/h5-6,9,11,29H,3-4,7-8,10,12H2,1-2H3,(H,24,30). The van der Waals surface area contributed by atoms with Crippen molar-refractivity contribution in [3.05, 3.63) is 63.1 Å². The molecule has 0 fully saturated rings. The lowest BCUT2D eigenvalue weighted by atomic mass is 10.1. The number of fused-ring (bicyclic) bond motifs is 1. The highest BCUT2D eigenvalue weighted by Gasteiger charge is 2.32. The Morgan fingerprint density at radius 2 is 2.00 bits per heavy atom. The molecule has 1 aliphatic heterocycles. The maximum atomic E-state index is 13.8. The van der Waals surface area contributed by atoms with Crippen molar-refractivity contribution in [2.75, 3.05) is 39.0 Å². The van der Waals surface area contributed by atoms with Crippen molar-refractivity contribution in [1.82, 2.24) is 14.9 Å². The highest BCUT2D eigenvalue weighted by Crippen LogP contribution is 2.21. The van der Waals surface area contributed by atoms with Crippen LogP contribution in [0.1, 0.15) is 39.3 Å². The SMILES string of the molecule is COCCCCN1CN(C)n2cc(C(=O)NCc3ccc(F)cc3F)c(=O)c(O)c2C1=O. The number of methoxy groups -OCH3 is 1. The Labute approximate surface area is 182 Å². The number of carbonyl (C=O) groups excluding carboxylic acids is 2. The first kappa shape index (κ1) is 23.2. The maximum absolute atomic E-state index is 13.8. The van der Waals surface area contributed by atoms with Crippen LogP contribution in [0.3, 0.4) is 0 Å². The number of ether oxygens (including phenoxy) is 1. The van der Waals surface area contributed by atoms with Crippen molar-refractivity contribution in [1.29, 1.82) is 0 Å². The summed E-state index contributed by atoms with van der Waals surface area (Å²) in [6.45, 7) is 0.852. The number of pyridine rings is 1. The van der Waals surface area contributed by atoms with Crippen LogP contribution in [0.4, 0.5) is 8.78 Å². The van der Waals surface area contributed by atoms with Crippen LogP contribution in [0.15, 0.2) is 29.2 Å². The predicted octanol–water partition coefficient (Wildman–Crippen LogP) is 1.17. The lowest BCUT2D eigenvalue weighted by molar-refractivity contribution is 0.0683. The zero-order valence-electron chi connectivity index (χ0n) is 17.7. The first-order valence-corrected chi connectivity index (χ1v) is 9.95. The van der Waals surface area contributed by atoms with Gasteiger partial charge in [-0.05, 0) is 18.9 Å². The van der Waals surface area contributed by atoms with Gasteiger partial charge in [0, 0.05) is 51.7 Å². The van der Waals surface area contributed by atoms with E-state index in [0.717, 1.165) is 18.7 Å². The third-order valence-electron chi connectivity index (χ3n) is 5.12. The fraction of sp³-hybridized carbons (Fsp3) is 0.381. The summed E-state index contributed by atoms with van der Waals surface area (Å²) < 4.78 is 33.0. The quantitative estimate of drug-likeness (QED) is 0.586. The predicted molar refractivity (Wildman–Crippen MR) is 111 cm³/mol. The molecule has 11 heteroatoms. The largest absolute Gasteiger partial charge is 0.502 e. The van der Waals surface area contributed by atoms with Crippen molar-refractivity contribution in [3.63, 3.8) is 0 Å². The molecule has 2 heterocycles. The molecule has 2 amide bonds. The number of carbonyl (C=O) groups is 2. The summed E-state index contributed by atoms with van der Waals surface area (Å²) in [6, 6.07) is 2.91. The van der Waals surface area contributed by atoms with Gasteiger partial charge in [-0.1, -0.05) is 6.07 Å². The average molecular weight is 450 g/mol. The van der Waals surface area contributed by atoms with Crippen LogP contribution >= 0.6 is 0 Å². The number of aromatic nitrogens is 1. The van der Waals surface area contributed by atoms with E-state index in [0.29, 0.717) is 25.6 Å². The summed E-state index contributed by atoms with van der Waals surface area (Å²) in [5, 5.41) is 14.4. The monoisotopic (exact) mass is 450 g/mol. The van der Waals surface area contributed by atoms with Crippen molar-refractivity contribution in [2.45, 2.75) is 19.4 Å². The Kier molecular flexibility index (Phi) is 7.08. The Bertz CT molecular complexity index is 1090. The van der Waals surface area contributed by atoms with E-state index in [4.69, 9.17) is 4.74 Å². The van der Waals surface area contributed by atoms with Gasteiger partial charge >= 0.3 is 0 Å². The fourth-order valence-corrected chi connectivity index (χ4v) is 3.41. The second-order valence-electron chi connectivity index (χ2n) is 7.40. The number of rotatable bonds is 8. The Morgan fingerprint density at radius 1 is 1.25 bits per heavy atom. The normalized spacial score (nSPS) is 13.3. The molecule has 0 radical (unpaired) electrons. The zero-order valence-corrected chi connectivity index (χ0v) is 17.7. The van der Waals surface area contributed by atoms with Crippen molar-refractivity contribution in [2.24, 2.45) is 0 Å². The molecule has 0 bridgehead atoms. The second kappa shape index (κ2) is 9.77. The van der Waals surface area contributed by atoms with Crippen molar-refractivity contribution < 1.29 is 28.2 Å². The van der Waals surface area contributed by atoms with Gasteiger partial charge in [-0.25, -0.2) is 8.78 Å². The summed E-state index contributed by atoms with van der Waals surface area (Å²) in [7, 11) is 3.22. The molecule has 1 aromatic carbocycles. The Morgan fingerprint density at radius 3 is 2.69 bits per heavy atom. The first-order chi connectivity index (χ1) is 15.2. The van der Waals surface area contributed by atoms with Gasteiger partial charge in [-0.2, -0.15) is 0 Å². The van der Waals surface area contributed by atoms with Gasteiger partial charge in [0.2, 0.25) is 5.43 Å². The van der Waals surface area contributed by atoms with Crippen LogP contribution in [0, 0.1) is 11.6 Å². The van der Waals surface area contributed by atoms with Gasteiger partial charge < -0.3 is 20.1 Å². The van der Waals surface area contributed by atoms with Crippen molar-refractivity contribution in [3.8, 4) is 5.75 Å². The minimum Gasteiger partial charge on any atom is -0.502 e. The Hall–Kier alpha value is -3.47. The zero-order chi connectivity index (χ0) is 23.4. The molecule has 0 aliphatic carbocycles. The molecular formula is C21H24F2N4O5. The summed E-state index contributed by atoms with van der Waals surface area (Å²) >= 11 is 0.